The summed E-state index contributed by atoms with van der Waals surface area (Å²) in [6.45, 7) is 19.1. The Kier molecular flexibility index (Phi) is 5.66. The predicted octanol–water partition coefficient (Wildman–Crippen LogP) is 7.03. The first-order valence-corrected chi connectivity index (χ1v) is 14.1. The lowest BCUT2D eigenvalue weighted by molar-refractivity contribution is -0.167. The quantitative estimate of drug-likeness (QED) is 0.426. The van der Waals surface area contributed by atoms with Gasteiger partial charge in [0.1, 0.15) is 0 Å². The first kappa shape index (κ1) is 25.0. The zero-order valence-electron chi connectivity index (χ0n) is 23.1. The van der Waals surface area contributed by atoms with Crippen LogP contribution in [0.25, 0.3) is 0 Å². The average Bonchev–Trinajstić information content (AvgIpc) is 3.22. The largest absolute Gasteiger partial charge is 0.393 e. The lowest BCUT2D eigenvalue weighted by Gasteiger charge is -2.69. The average molecular weight is 471 g/mol. The van der Waals surface area contributed by atoms with E-state index in [0.29, 0.717) is 11.8 Å². The molecular weight excluding hydrogens is 420 g/mol. The molecule has 0 amide bonds. The van der Waals surface area contributed by atoms with Crippen molar-refractivity contribution in [1.82, 2.24) is 0 Å². The van der Waals surface area contributed by atoms with Crippen LogP contribution >= 0.6 is 0 Å². The highest BCUT2D eigenvalue weighted by atomic mass is 16.6. The molecule has 0 radical (unpaired) electrons. The van der Waals surface area contributed by atoms with Crippen LogP contribution in [0.15, 0.2) is 23.3 Å². The molecule has 192 valence electrons. The fraction of sp³-hybridized carbons (Fsp3) is 0.871. The Labute approximate surface area is 208 Å². The summed E-state index contributed by atoms with van der Waals surface area (Å²) in [5.41, 5.74) is 3.73. The highest BCUT2D eigenvalue weighted by Gasteiger charge is 2.70. The van der Waals surface area contributed by atoms with Gasteiger partial charge in [0, 0.05) is 5.92 Å². The van der Waals surface area contributed by atoms with Crippen LogP contribution in [0.4, 0.5) is 0 Å². The second-order valence-electron chi connectivity index (χ2n) is 14.6. The van der Waals surface area contributed by atoms with Crippen LogP contribution in [-0.4, -0.2) is 28.7 Å². The molecule has 2 N–H and O–H groups in total. The van der Waals surface area contributed by atoms with Crippen LogP contribution in [0.1, 0.15) is 107 Å². The Morgan fingerprint density at radius 1 is 0.912 bits per heavy atom. The minimum Gasteiger partial charge on any atom is -0.393 e. The van der Waals surface area contributed by atoms with Crippen molar-refractivity contribution >= 4 is 0 Å². The summed E-state index contributed by atoms with van der Waals surface area (Å²) in [5.74, 6) is 1.26. The van der Waals surface area contributed by atoms with E-state index in [-0.39, 0.29) is 45.2 Å². The molecule has 10 unspecified atom stereocenters. The van der Waals surface area contributed by atoms with Gasteiger partial charge in [0.2, 0.25) is 0 Å². The van der Waals surface area contributed by atoms with Crippen LogP contribution in [0.2, 0.25) is 0 Å². The van der Waals surface area contributed by atoms with Crippen molar-refractivity contribution < 1.29 is 14.9 Å². The summed E-state index contributed by atoms with van der Waals surface area (Å²) in [6, 6.07) is 0. The molecule has 0 aromatic carbocycles. The van der Waals surface area contributed by atoms with Gasteiger partial charge in [0.25, 0.3) is 0 Å². The van der Waals surface area contributed by atoms with Crippen molar-refractivity contribution in [3.8, 4) is 0 Å². The Balaban J connectivity index is 1.50. The predicted molar refractivity (Wildman–Crippen MR) is 138 cm³/mol. The van der Waals surface area contributed by atoms with Crippen LogP contribution in [-0.2, 0) is 4.74 Å². The molecule has 34 heavy (non-hydrogen) atoms. The topological polar surface area (TPSA) is 49.7 Å². The molecule has 3 saturated carbocycles. The first-order chi connectivity index (χ1) is 15.7. The summed E-state index contributed by atoms with van der Waals surface area (Å²) >= 11 is 0. The third kappa shape index (κ3) is 3.05. The molecule has 5 aliphatic rings. The van der Waals surface area contributed by atoms with Crippen LogP contribution in [0, 0.1) is 44.8 Å². The maximum Gasteiger partial charge on any atom is 0.158 e. The Hall–Kier alpha value is -0.640. The van der Waals surface area contributed by atoms with Gasteiger partial charge in [-0.25, -0.2) is 0 Å². The molecule has 0 bridgehead atoms. The molecule has 3 heteroatoms. The molecule has 4 fully saturated rings. The van der Waals surface area contributed by atoms with E-state index in [1.165, 1.54) is 31.3 Å². The van der Waals surface area contributed by atoms with Crippen molar-refractivity contribution in [2.24, 2.45) is 44.8 Å². The Morgan fingerprint density at radius 2 is 1.59 bits per heavy atom. The summed E-state index contributed by atoms with van der Waals surface area (Å²) in [6.07, 6.45) is 13.0. The molecule has 4 aliphatic carbocycles. The maximum absolute atomic E-state index is 11.0. The maximum atomic E-state index is 11.0. The molecule has 1 heterocycles. The summed E-state index contributed by atoms with van der Waals surface area (Å²) in [4.78, 5) is 0. The van der Waals surface area contributed by atoms with Crippen molar-refractivity contribution in [3.05, 3.63) is 23.3 Å². The number of allylic oxidation sites excluding steroid dienone is 3. The lowest BCUT2D eigenvalue weighted by Crippen LogP contribution is -2.62. The number of aliphatic hydroxyl groups is 2. The summed E-state index contributed by atoms with van der Waals surface area (Å²) < 4.78 is 6.04. The third-order valence-corrected chi connectivity index (χ3v) is 12.9. The van der Waals surface area contributed by atoms with Gasteiger partial charge in [-0.15, -0.1) is 0 Å². The minimum absolute atomic E-state index is 0.0386. The zero-order chi connectivity index (χ0) is 24.9. The van der Waals surface area contributed by atoms with Crippen molar-refractivity contribution in [1.29, 1.82) is 0 Å². The van der Waals surface area contributed by atoms with E-state index in [0.717, 1.165) is 25.7 Å². The van der Waals surface area contributed by atoms with Crippen molar-refractivity contribution in [3.63, 3.8) is 0 Å². The molecule has 0 aromatic rings. The monoisotopic (exact) mass is 470 g/mol. The van der Waals surface area contributed by atoms with Gasteiger partial charge in [-0.05, 0) is 104 Å². The number of aliphatic hydroxyl groups excluding tert-OH is 2. The minimum atomic E-state index is -0.638. The third-order valence-electron chi connectivity index (χ3n) is 12.9. The Bertz CT molecular complexity index is 898. The van der Waals surface area contributed by atoms with E-state index in [9.17, 15) is 10.2 Å². The number of hydrogen-bond donors (Lipinski definition) is 2. The number of ether oxygens (including phenoxy) is 1. The number of hydrogen-bond acceptors (Lipinski definition) is 3. The molecular formula is C31H50O3. The molecule has 3 nitrogen and oxygen atoms in total. The van der Waals surface area contributed by atoms with Crippen LogP contribution in [0.3, 0.4) is 0 Å². The summed E-state index contributed by atoms with van der Waals surface area (Å²) in [5, 5.41) is 21.9. The standard InChI is InChI=1S/C31H50O3/c1-19(2)17-20-18-21(26(33)34-20)22-11-13-30(7)24-10-9-23-27(3,4)25(32)12-14-29(23,6)31(24,8)16-15-28(22,30)5/h10,17,20-23,25-26,32-33H,9,11-16,18H2,1-8H3. The van der Waals surface area contributed by atoms with Gasteiger partial charge in [0.15, 0.2) is 6.29 Å². The number of fused-ring (bicyclic) bond motifs is 5. The van der Waals surface area contributed by atoms with Gasteiger partial charge in [0.05, 0.1) is 12.2 Å². The van der Waals surface area contributed by atoms with E-state index in [1.807, 2.05) is 0 Å². The lowest BCUT2D eigenvalue weighted by atomic mass is 9.36. The fourth-order valence-corrected chi connectivity index (χ4v) is 10.4. The molecule has 10 atom stereocenters. The normalized spacial score (nSPS) is 54.0. The number of rotatable bonds is 2. The van der Waals surface area contributed by atoms with Gasteiger partial charge >= 0.3 is 0 Å². The van der Waals surface area contributed by atoms with E-state index < -0.39 is 6.29 Å². The molecule has 1 aliphatic heterocycles. The van der Waals surface area contributed by atoms with Gasteiger partial charge in [-0.3, -0.25) is 0 Å². The Morgan fingerprint density at radius 3 is 2.26 bits per heavy atom. The van der Waals surface area contributed by atoms with Crippen molar-refractivity contribution in [2.45, 2.75) is 125 Å². The highest BCUT2D eigenvalue weighted by Crippen LogP contribution is 2.77. The van der Waals surface area contributed by atoms with Gasteiger partial charge < -0.3 is 14.9 Å². The van der Waals surface area contributed by atoms with Crippen molar-refractivity contribution in [2.75, 3.05) is 0 Å². The second-order valence-corrected chi connectivity index (χ2v) is 14.6. The first-order valence-electron chi connectivity index (χ1n) is 14.1. The second kappa shape index (κ2) is 7.68. The summed E-state index contributed by atoms with van der Waals surface area (Å²) in [7, 11) is 0. The van der Waals surface area contributed by atoms with E-state index >= 15 is 0 Å². The molecule has 5 rings (SSSR count). The highest BCUT2D eigenvalue weighted by molar-refractivity contribution is 5.37. The van der Waals surface area contributed by atoms with E-state index in [1.54, 1.807) is 5.57 Å². The zero-order valence-corrected chi connectivity index (χ0v) is 23.1. The molecule has 1 saturated heterocycles. The SMILES string of the molecule is CC(C)=CC1CC(C2CCC3(C)C4=CCC5C(C)(C)C(O)CCC5(C)C4(C)CCC23C)C(O)O1. The molecule has 0 aromatic heterocycles. The van der Waals surface area contributed by atoms with E-state index in [2.05, 4.69) is 67.5 Å². The molecule has 0 spiro atoms. The van der Waals surface area contributed by atoms with Crippen LogP contribution in [0.5, 0.6) is 0 Å². The fourth-order valence-electron chi connectivity index (χ4n) is 10.4. The van der Waals surface area contributed by atoms with Gasteiger partial charge in [-0.2, -0.15) is 0 Å². The van der Waals surface area contributed by atoms with Gasteiger partial charge in [-0.1, -0.05) is 64.8 Å². The van der Waals surface area contributed by atoms with E-state index in [4.69, 9.17) is 4.74 Å². The van der Waals surface area contributed by atoms with Crippen LogP contribution < -0.4 is 0 Å². The smallest absolute Gasteiger partial charge is 0.158 e.